The highest BCUT2D eigenvalue weighted by Crippen LogP contribution is 2.56. The van der Waals surface area contributed by atoms with Crippen molar-refractivity contribution >= 4 is 11.8 Å². The fourth-order valence-electron chi connectivity index (χ4n) is 6.77. The Morgan fingerprint density at radius 2 is 1.91 bits per heavy atom. The minimum atomic E-state index is -0.559. The molecule has 2 aliphatic heterocycles. The molecule has 5 nitrogen and oxygen atoms in total. The van der Waals surface area contributed by atoms with Crippen LogP contribution in [0.15, 0.2) is 42.0 Å². The molecule has 32 heavy (non-hydrogen) atoms. The first-order chi connectivity index (χ1) is 15.4. The van der Waals surface area contributed by atoms with Crippen molar-refractivity contribution in [2.75, 3.05) is 19.6 Å². The molecular formula is C27H35NO4. The summed E-state index contributed by atoms with van der Waals surface area (Å²) in [6.07, 6.45) is 6.02. The lowest BCUT2D eigenvalue weighted by Gasteiger charge is -2.52. The summed E-state index contributed by atoms with van der Waals surface area (Å²) in [5.41, 5.74) is 1.80. The number of ketones is 1. The van der Waals surface area contributed by atoms with Gasteiger partial charge in [0.15, 0.2) is 5.78 Å². The number of piperidine rings is 1. The lowest BCUT2D eigenvalue weighted by Crippen LogP contribution is -2.55. The van der Waals surface area contributed by atoms with Gasteiger partial charge in [-0.3, -0.25) is 9.59 Å². The molecule has 0 spiro atoms. The van der Waals surface area contributed by atoms with Crippen LogP contribution in [0.1, 0.15) is 56.3 Å². The van der Waals surface area contributed by atoms with Gasteiger partial charge in [-0.25, -0.2) is 0 Å². The van der Waals surface area contributed by atoms with Crippen LogP contribution < -0.4 is 0 Å². The summed E-state index contributed by atoms with van der Waals surface area (Å²) in [6, 6.07) is 9.54. The molecule has 0 bridgehead atoms. The average molecular weight is 438 g/mol. The van der Waals surface area contributed by atoms with Crippen molar-refractivity contribution in [3.05, 3.63) is 47.5 Å². The predicted molar refractivity (Wildman–Crippen MR) is 122 cm³/mol. The molecule has 172 valence electrons. The second-order valence-electron chi connectivity index (χ2n) is 10.6. The topological polar surface area (TPSA) is 66.8 Å². The predicted octanol–water partition coefficient (Wildman–Crippen LogP) is 3.87. The third-order valence-electron chi connectivity index (χ3n) is 9.04. The summed E-state index contributed by atoms with van der Waals surface area (Å²) in [6.45, 7) is 6.65. The minimum Gasteiger partial charge on any atom is -0.461 e. The van der Waals surface area contributed by atoms with E-state index in [2.05, 4.69) is 24.8 Å². The molecule has 0 unspecified atom stereocenters. The van der Waals surface area contributed by atoms with Crippen LogP contribution in [0.4, 0.5) is 0 Å². The molecule has 0 aromatic heterocycles. The number of carbonyl (C=O) groups is 2. The number of ether oxygens (including phenoxy) is 1. The van der Waals surface area contributed by atoms with Gasteiger partial charge in [0.2, 0.25) is 0 Å². The second kappa shape index (κ2) is 8.42. The van der Waals surface area contributed by atoms with Gasteiger partial charge in [-0.05, 0) is 44.7 Å². The van der Waals surface area contributed by atoms with E-state index in [0.29, 0.717) is 12.5 Å². The SMILES string of the molecule is C[C@@H]1CCC=C2C[C@H]3OC(=O)[C@H](CN4CCC(C(=O)c5ccccc5)CC4)[C@H]3[C@H](O)[C@@]21C. The van der Waals surface area contributed by atoms with Crippen LogP contribution in [-0.2, 0) is 9.53 Å². The Kier molecular flexibility index (Phi) is 5.75. The van der Waals surface area contributed by atoms with Crippen molar-refractivity contribution in [3.63, 3.8) is 0 Å². The van der Waals surface area contributed by atoms with E-state index in [9.17, 15) is 14.7 Å². The first-order valence-electron chi connectivity index (χ1n) is 12.3. The number of benzene rings is 1. The van der Waals surface area contributed by atoms with Gasteiger partial charge in [-0.2, -0.15) is 0 Å². The fourth-order valence-corrected chi connectivity index (χ4v) is 6.77. The number of hydrogen-bond acceptors (Lipinski definition) is 5. The molecule has 1 N–H and O–H groups in total. The van der Waals surface area contributed by atoms with Gasteiger partial charge in [-0.15, -0.1) is 0 Å². The molecule has 1 aromatic carbocycles. The zero-order chi connectivity index (χ0) is 22.5. The monoisotopic (exact) mass is 437 g/mol. The number of fused-ring (bicyclic) bond motifs is 2. The number of aliphatic hydroxyl groups is 1. The van der Waals surface area contributed by atoms with Gasteiger partial charge in [0.25, 0.3) is 0 Å². The number of nitrogens with zero attached hydrogens (tertiary/aromatic N) is 1. The molecule has 2 heterocycles. The highest BCUT2D eigenvalue weighted by molar-refractivity contribution is 5.97. The van der Waals surface area contributed by atoms with Gasteiger partial charge in [0.1, 0.15) is 6.10 Å². The van der Waals surface area contributed by atoms with Crippen molar-refractivity contribution in [3.8, 4) is 0 Å². The van der Waals surface area contributed by atoms with E-state index in [1.807, 2.05) is 30.3 Å². The molecule has 1 saturated carbocycles. The van der Waals surface area contributed by atoms with E-state index in [1.54, 1.807) is 0 Å². The first-order valence-corrected chi connectivity index (χ1v) is 12.3. The maximum atomic E-state index is 12.9. The van der Waals surface area contributed by atoms with Crippen LogP contribution in [0.25, 0.3) is 0 Å². The molecule has 2 aliphatic carbocycles. The largest absolute Gasteiger partial charge is 0.461 e. The summed E-state index contributed by atoms with van der Waals surface area (Å²) in [5, 5.41) is 11.5. The Hall–Kier alpha value is -1.98. The summed E-state index contributed by atoms with van der Waals surface area (Å²) in [4.78, 5) is 28.0. The Morgan fingerprint density at radius 1 is 1.19 bits per heavy atom. The lowest BCUT2D eigenvalue weighted by atomic mass is 9.55. The van der Waals surface area contributed by atoms with E-state index in [0.717, 1.165) is 50.8 Å². The highest BCUT2D eigenvalue weighted by atomic mass is 16.6. The van der Waals surface area contributed by atoms with Gasteiger partial charge < -0.3 is 14.7 Å². The molecule has 6 atom stereocenters. The van der Waals surface area contributed by atoms with Gasteiger partial charge in [0, 0.05) is 35.8 Å². The summed E-state index contributed by atoms with van der Waals surface area (Å²) in [7, 11) is 0. The van der Waals surface area contributed by atoms with Crippen LogP contribution in [0.3, 0.4) is 0 Å². The van der Waals surface area contributed by atoms with E-state index >= 15 is 0 Å². The molecular weight excluding hydrogens is 402 g/mol. The van der Waals surface area contributed by atoms with Crippen LogP contribution in [0.2, 0.25) is 0 Å². The first kappa shape index (κ1) is 21.8. The quantitative estimate of drug-likeness (QED) is 0.440. The van der Waals surface area contributed by atoms with E-state index in [1.165, 1.54) is 5.57 Å². The number of esters is 1. The van der Waals surface area contributed by atoms with Crippen LogP contribution in [-0.4, -0.2) is 53.6 Å². The Balaban J connectivity index is 1.25. The minimum absolute atomic E-state index is 0.0480. The van der Waals surface area contributed by atoms with Gasteiger partial charge in [-0.1, -0.05) is 55.8 Å². The molecule has 0 radical (unpaired) electrons. The van der Waals surface area contributed by atoms with E-state index in [-0.39, 0.29) is 41.0 Å². The summed E-state index contributed by atoms with van der Waals surface area (Å²) >= 11 is 0. The zero-order valence-electron chi connectivity index (χ0n) is 19.2. The highest BCUT2D eigenvalue weighted by Gasteiger charge is 2.59. The average Bonchev–Trinajstić information content (AvgIpc) is 3.11. The van der Waals surface area contributed by atoms with E-state index in [4.69, 9.17) is 4.74 Å². The molecule has 5 heteroatoms. The number of carbonyl (C=O) groups excluding carboxylic acids is 2. The van der Waals surface area contributed by atoms with Crippen molar-refractivity contribution in [1.29, 1.82) is 0 Å². The van der Waals surface area contributed by atoms with Gasteiger partial charge in [0.05, 0.1) is 12.0 Å². The number of likely N-dealkylation sites (tertiary alicyclic amines) is 1. The number of aliphatic hydroxyl groups excluding tert-OH is 1. The normalized spacial score (nSPS) is 37.9. The van der Waals surface area contributed by atoms with Crippen LogP contribution in [0.5, 0.6) is 0 Å². The van der Waals surface area contributed by atoms with Crippen molar-refractivity contribution in [1.82, 2.24) is 4.90 Å². The third kappa shape index (κ3) is 3.54. The third-order valence-corrected chi connectivity index (χ3v) is 9.04. The molecule has 3 fully saturated rings. The molecule has 4 aliphatic rings. The smallest absolute Gasteiger partial charge is 0.311 e. The van der Waals surface area contributed by atoms with Crippen LogP contribution >= 0.6 is 0 Å². The maximum absolute atomic E-state index is 12.9. The Morgan fingerprint density at radius 3 is 2.62 bits per heavy atom. The van der Waals surface area contributed by atoms with Crippen molar-refractivity contribution in [2.45, 2.75) is 58.2 Å². The maximum Gasteiger partial charge on any atom is 0.311 e. The summed E-state index contributed by atoms with van der Waals surface area (Å²) in [5.74, 6) is 0.0862. The molecule has 1 aromatic rings. The number of rotatable bonds is 4. The number of Topliss-reactive ketones (excluding diaryl/α,β-unsaturated/α-hetero) is 1. The fraction of sp³-hybridized carbons (Fsp3) is 0.630. The van der Waals surface area contributed by atoms with Crippen molar-refractivity contribution < 1.29 is 19.4 Å². The lowest BCUT2D eigenvalue weighted by molar-refractivity contribution is -0.145. The molecule has 2 saturated heterocycles. The summed E-state index contributed by atoms with van der Waals surface area (Å²) < 4.78 is 5.82. The standard InChI is InChI=1S/C27H35NO4/c1-17-7-6-10-20-15-22-23(25(30)27(17,20)2)21(26(31)32-22)16-28-13-11-19(12-14-28)24(29)18-8-4-3-5-9-18/h3-5,8-10,17,19,21-23,25,30H,6-7,11-16H2,1-2H3/t17-,21-,22-,23-,25+,27-/m1/s1. The molecule has 5 rings (SSSR count). The number of hydrogen-bond donors (Lipinski definition) is 1. The second-order valence-corrected chi connectivity index (χ2v) is 10.6. The van der Waals surface area contributed by atoms with Crippen molar-refractivity contribution in [2.24, 2.45) is 29.1 Å². The van der Waals surface area contributed by atoms with Gasteiger partial charge >= 0.3 is 5.97 Å². The van der Waals surface area contributed by atoms with Crippen LogP contribution in [0, 0.1) is 29.1 Å². The number of allylic oxidation sites excluding steroid dienone is 1. The Bertz CT molecular complexity index is 903. The zero-order valence-corrected chi connectivity index (χ0v) is 19.2. The molecule has 0 amide bonds. The Labute approximate surface area is 190 Å². The van der Waals surface area contributed by atoms with E-state index < -0.39 is 6.10 Å².